The number of sulfonamides is 1. The van der Waals surface area contributed by atoms with Crippen LogP contribution in [0.3, 0.4) is 0 Å². The molecule has 0 fully saturated rings. The quantitative estimate of drug-likeness (QED) is 0.403. The Morgan fingerprint density at radius 1 is 0.941 bits per heavy atom. The summed E-state index contributed by atoms with van der Waals surface area (Å²) in [6, 6.07) is 20.3. The number of nitrogens with zero attached hydrogens (tertiary/aromatic N) is 3. The molecule has 4 aromatic rings. The lowest BCUT2D eigenvalue weighted by Crippen LogP contribution is -2.26. The van der Waals surface area contributed by atoms with Crippen molar-refractivity contribution in [2.45, 2.75) is 11.8 Å². The van der Waals surface area contributed by atoms with Gasteiger partial charge < -0.3 is 4.74 Å². The lowest BCUT2D eigenvalue weighted by atomic mass is 10.2. The monoisotopic (exact) mass is 494 g/mol. The van der Waals surface area contributed by atoms with E-state index in [-0.39, 0.29) is 10.8 Å². The summed E-state index contributed by atoms with van der Waals surface area (Å²) < 4.78 is 32.1. The Morgan fingerprint density at radius 3 is 2.21 bits per heavy atom. The third kappa shape index (κ3) is 4.92. The fraction of sp³-hybridized carbons (Fsp3) is 0.125. The van der Waals surface area contributed by atoms with Crippen LogP contribution in [0.1, 0.15) is 15.9 Å². The van der Waals surface area contributed by atoms with Crippen LogP contribution in [-0.2, 0) is 10.0 Å². The number of methoxy groups -OCH3 is 1. The van der Waals surface area contributed by atoms with E-state index in [1.165, 1.54) is 22.7 Å². The summed E-state index contributed by atoms with van der Waals surface area (Å²) in [4.78, 5) is 12.9. The summed E-state index contributed by atoms with van der Waals surface area (Å²) in [6.07, 6.45) is 0. The topological polar surface area (TPSA) is 101 Å². The average molecular weight is 495 g/mol. The van der Waals surface area contributed by atoms with Gasteiger partial charge in [-0.1, -0.05) is 29.0 Å². The molecule has 3 aromatic carbocycles. The summed E-state index contributed by atoms with van der Waals surface area (Å²) in [5.74, 6) is 0.371. The van der Waals surface area contributed by atoms with E-state index in [1.54, 1.807) is 55.6 Å². The largest absolute Gasteiger partial charge is 0.497 e. The molecule has 0 radical (unpaired) electrons. The van der Waals surface area contributed by atoms with Crippen molar-refractivity contribution in [1.82, 2.24) is 10.2 Å². The fourth-order valence-corrected chi connectivity index (χ4v) is 5.06. The number of nitrogens with one attached hydrogen (secondary N) is 1. The zero-order valence-electron chi connectivity index (χ0n) is 18.7. The van der Waals surface area contributed by atoms with E-state index in [0.717, 1.165) is 16.9 Å². The first-order valence-corrected chi connectivity index (χ1v) is 12.5. The van der Waals surface area contributed by atoms with Crippen molar-refractivity contribution in [3.05, 3.63) is 83.9 Å². The van der Waals surface area contributed by atoms with Crippen LogP contribution in [0.25, 0.3) is 10.6 Å². The molecule has 174 valence electrons. The Bertz CT molecular complexity index is 1400. The van der Waals surface area contributed by atoms with Gasteiger partial charge in [0.25, 0.3) is 15.9 Å². The summed E-state index contributed by atoms with van der Waals surface area (Å²) in [7, 11) is -0.634. The molecular formula is C24H22N4O4S2. The Balaban J connectivity index is 1.45. The van der Waals surface area contributed by atoms with Gasteiger partial charge in [0.05, 0.1) is 17.7 Å². The van der Waals surface area contributed by atoms with Crippen LogP contribution < -0.4 is 14.4 Å². The average Bonchev–Trinajstić information content (AvgIpc) is 3.32. The molecule has 1 amide bonds. The summed E-state index contributed by atoms with van der Waals surface area (Å²) >= 11 is 1.25. The lowest BCUT2D eigenvalue weighted by molar-refractivity contribution is 0.102. The number of aryl methyl sites for hydroxylation is 1. The van der Waals surface area contributed by atoms with Gasteiger partial charge >= 0.3 is 0 Å². The molecule has 0 aliphatic carbocycles. The molecule has 0 aliphatic heterocycles. The highest BCUT2D eigenvalue weighted by molar-refractivity contribution is 7.92. The first-order chi connectivity index (χ1) is 16.3. The van der Waals surface area contributed by atoms with Crippen molar-refractivity contribution in [2.75, 3.05) is 23.8 Å². The minimum Gasteiger partial charge on any atom is -0.497 e. The number of ether oxygens (including phenoxy) is 1. The molecule has 1 N–H and O–H groups in total. The van der Waals surface area contributed by atoms with Gasteiger partial charge in [-0.2, -0.15) is 0 Å². The zero-order valence-corrected chi connectivity index (χ0v) is 20.4. The van der Waals surface area contributed by atoms with Crippen molar-refractivity contribution in [3.8, 4) is 16.3 Å². The van der Waals surface area contributed by atoms with Gasteiger partial charge in [-0.25, -0.2) is 8.42 Å². The van der Waals surface area contributed by atoms with E-state index < -0.39 is 10.0 Å². The molecule has 0 atom stereocenters. The number of hydrogen-bond acceptors (Lipinski definition) is 7. The van der Waals surface area contributed by atoms with Crippen LogP contribution in [0.15, 0.2) is 77.7 Å². The van der Waals surface area contributed by atoms with Crippen molar-refractivity contribution >= 4 is 38.1 Å². The standard InChI is InChI=1S/C24H22N4O4S2/c1-16-4-14-21(15-5-16)34(30,31)28(2)19-10-6-17(7-11-19)22(29)25-24-27-26-23(33-24)18-8-12-20(32-3)13-9-18/h4-15H,1-3H3,(H,25,27,29). The van der Waals surface area contributed by atoms with Crippen LogP contribution in [0.5, 0.6) is 5.75 Å². The molecule has 0 bridgehead atoms. The highest BCUT2D eigenvalue weighted by Gasteiger charge is 2.21. The summed E-state index contributed by atoms with van der Waals surface area (Å²) in [5, 5.41) is 11.9. The van der Waals surface area contributed by atoms with Crippen LogP contribution in [0.4, 0.5) is 10.8 Å². The van der Waals surface area contributed by atoms with E-state index in [9.17, 15) is 13.2 Å². The molecule has 0 spiro atoms. The van der Waals surface area contributed by atoms with Crippen LogP contribution in [0, 0.1) is 6.92 Å². The number of carbonyl (C=O) groups is 1. The van der Waals surface area contributed by atoms with E-state index in [1.807, 2.05) is 31.2 Å². The van der Waals surface area contributed by atoms with Crippen molar-refractivity contribution in [1.29, 1.82) is 0 Å². The van der Waals surface area contributed by atoms with E-state index in [2.05, 4.69) is 15.5 Å². The van der Waals surface area contributed by atoms with Gasteiger partial charge in [-0.3, -0.25) is 14.4 Å². The third-order valence-corrected chi connectivity index (χ3v) is 7.84. The smallest absolute Gasteiger partial charge is 0.264 e. The summed E-state index contributed by atoms with van der Waals surface area (Å²) in [6.45, 7) is 1.89. The third-order valence-electron chi connectivity index (χ3n) is 5.15. The minimum absolute atomic E-state index is 0.200. The molecule has 8 nitrogen and oxygen atoms in total. The maximum Gasteiger partial charge on any atom is 0.264 e. The van der Waals surface area contributed by atoms with Gasteiger partial charge in [-0.05, 0) is 67.6 Å². The maximum atomic E-state index is 12.9. The predicted molar refractivity (Wildman–Crippen MR) is 133 cm³/mol. The van der Waals surface area contributed by atoms with Crippen LogP contribution >= 0.6 is 11.3 Å². The van der Waals surface area contributed by atoms with Crippen molar-refractivity contribution in [3.63, 3.8) is 0 Å². The Kier molecular flexibility index (Phi) is 6.62. The van der Waals surface area contributed by atoms with Crippen LogP contribution in [0.2, 0.25) is 0 Å². The number of rotatable bonds is 7. The molecule has 1 heterocycles. The minimum atomic E-state index is -3.71. The van der Waals surface area contributed by atoms with Crippen LogP contribution in [-0.4, -0.2) is 38.7 Å². The highest BCUT2D eigenvalue weighted by atomic mass is 32.2. The lowest BCUT2D eigenvalue weighted by Gasteiger charge is -2.19. The van der Waals surface area contributed by atoms with E-state index in [4.69, 9.17) is 4.74 Å². The molecule has 0 saturated heterocycles. The number of aromatic nitrogens is 2. The summed E-state index contributed by atoms with van der Waals surface area (Å²) in [5.41, 5.74) is 2.64. The molecule has 1 aromatic heterocycles. The molecule has 0 unspecified atom stereocenters. The number of anilines is 2. The van der Waals surface area contributed by atoms with Crippen molar-refractivity contribution < 1.29 is 17.9 Å². The van der Waals surface area contributed by atoms with E-state index in [0.29, 0.717) is 21.4 Å². The fourth-order valence-electron chi connectivity index (χ4n) is 3.12. The normalized spacial score (nSPS) is 11.1. The van der Waals surface area contributed by atoms with Gasteiger partial charge in [-0.15, -0.1) is 10.2 Å². The second-order valence-electron chi connectivity index (χ2n) is 7.43. The molecule has 34 heavy (non-hydrogen) atoms. The molecule has 0 saturated carbocycles. The van der Waals surface area contributed by atoms with Crippen molar-refractivity contribution in [2.24, 2.45) is 0 Å². The van der Waals surface area contributed by atoms with E-state index >= 15 is 0 Å². The second kappa shape index (κ2) is 9.62. The van der Waals surface area contributed by atoms with Gasteiger partial charge in [0, 0.05) is 18.2 Å². The predicted octanol–water partition coefficient (Wildman–Crippen LogP) is 4.60. The molecule has 0 aliphatic rings. The zero-order chi connectivity index (χ0) is 24.3. The highest BCUT2D eigenvalue weighted by Crippen LogP contribution is 2.28. The number of benzene rings is 3. The first-order valence-electron chi connectivity index (χ1n) is 10.2. The van der Waals surface area contributed by atoms with Gasteiger partial charge in [0.15, 0.2) is 0 Å². The molecule has 10 heteroatoms. The molecular weight excluding hydrogens is 472 g/mol. The Morgan fingerprint density at radius 2 is 1.59 bits per heavy atom. The Hall–Kier alpha value is -3.76. The van der Waals surface area contributed by atoms with Gasteiger partial charge in [0.1, 0.15) is 10.8 Å². The number of hydrogen-bond donors (Lipinski definition) is 1. The Labute approximate surface area is 201 Å². The SMILES string of the molecule is COc1ccc(-c2nnc(NC(=O)c3ccc(N(C)S(=O)(=O)c4ccc(C)cc4)cc3)s2)cc1. The molecule has 4 rings (SSSR count). The second-order valence-corrected chi connectivity index (χ2v) is 10.4. The number of carbonyl (C=O) groups excluding carboxylic acids is 1. The van der Waals surface area contributed by atoms with Gasteiger partial charge in [0.2, 0.25) is 5.13 Å². The number of amides is 1. The maximum absolute atomic E-state index is 12.9. The first kappa shape index (κ1) is 23.4.